The second kappa shape index (κ2) is 7.39. The molecule has 1 amide bonds. The number of carbonyl (C=O) groups excluding carboxylic acids is 2. The van der Waals surface area contributed by atoms with Gasteiger partial charge in [-0.3, -0.25) is 14.5 Å². The molecule has 1 aliphatic heterocycles. The van der Waals surface area contributed by atoms with Crippen molar-refractivity contribution in [2.45, 2.75) is 19.9 Å². The standard InChI is InChI=1S/C23H18ClNO5/c1-12-6-8-17(26)16(10-12)25-20(18-9-7-13(2)30-18)19(22(28)23(25)29)21(27)14-4-3-5-15(24)11-14/h3-11,20,26-27H,1-2H3/b21-19-. The molecule has 152 valence electrons. The van der Waals surface area contributed by atoms with Gasteiger partial charge in [-0.25, -0.2) is 0 Å². The van der Waals surface area contributed by atoms with Gasteiger partial charge >= 0.3 is 0 Å². The number of Topliss-reactive ketones (excluding diaryl/α,β-unsaturated/α-hetero) is 1. The smallest absolute Gasteiger partial charge is 0.300 e. The zero-order valence-corrected chi connectivity index (χ0v) is 17.0. The molecular weight excluding hydrogens is 406 g/mol. The van der Waals surface area contributed by atoms with Gasteiger partial charge in [0, 0.05) is 10.6 Å². The van der Waals surface area contributed by atoms with Crippen LogP contribution in [0.2, 0.25) is 5.02 Å². The van der Waals surface area contributed by atoms with E-state index >= 15 is 0 Å². The average molecular weight is 424 g/mol. The molecule has 1 fully saturated rings. The van der Waals surface area contributed by atoms with Gasteiger partial charge in [-0.1, -0.05) is 29.8 Å². The minimum absolute atomic E-state index is 0.141. The third-order valence-corrected chi connectivity index (χ3v) is 5.20. The fraction of sp³-hybridized carbons (Fsp3) is 0.130. The summed E-state index contributed by atoms with van der Waals surface area (Å²) in [6.45, 7) is 3.54. The molecule has 1 atom stereocenters. The molecule has 2 N–H and O–H groups in total. The monoisotopic (exact) mass is 423 g/mol. The third-order valence-electron chi connectivity index (χ3n) is 4.96. The lowest BCUT2D eigenvalue weighted by atomic mass is 9.99. The van der Waals surface area contributed by atoms with Crippen LogP contribution in [0.4, 0.5) is 5.69 Å². The van der Waals surface area contributed by atoms with E-state index in [1.807, 2.05) is 0 Å². The van der Waals surface area contributed by atoms with Crippen LogP contribution in [0.3, 0.4) is 0 Å². The maximum Gasteiger partial charge on any atom is 0.300 e. The summed E-state index contributed by atoms with van der Waals surface area (Å²) in [6.07, 6.45) is 0. The van der Waals surface area contributed by atoms with Crippen molar-refractivity contribution in [3.05, 3.63) is 87.8 Å². The Morgan fingerprint density at radius 1 is 1.07 bits per heavy atom. The quantitative estimate of drug-likeness (QED) is 0.356. The number of rotatable bonds is 3. The van der Waals surface area contributed by atoms with E-state index in [2.05, 4.69) is 0 Å². The summed E-state index contributed by atoms with van der Waals surface area (Å²) in [5.41, 5.74) is 1.09. The van der Waals surface area contributed by atoms with Crippen molar-refractivity contribution in [3.63, 3.8) is 0 Å². The number of aliphatic hydroxyl groups is 1. The predicted molar refractivity (Wildman–Crippen MR) is 113 cm³/mol. The van der Waals surface area contributed by atoms with Crippen molar-refractivity contribution < 1.29 is 24.2 Å². The second-order valence-electron chi connectivity index (χ2n) is 7.12. The minimum Gasteiger partial charge on any atom is -0.507 e. The van der Waals surface area contributed by atoms with Crippen LogP contribution in [0.15, 0.2) is 64.6 Å². The zero-order valence-electron chi connectivity index (χ0n) is 16.2. The lowest BCUT2D eigenvalue weighted by Gasteiger charge is -2.24. The number of carbonyl (C=O) groups is 2. The van der Waals surface area contributed by atoms with Gasteiger partial charge < -0.3 is 14.6 Å². The van der Waals surface area contributed by atoms with Crippen molar-refractivity contribution in [1.82, 2.24) is 0 Å². The molecule has 3 aromatic rings. The summed E-state index contributed by atoms with van der Waals surface area (Å²) in [5, 5.41) is 21.8. The molecule has 4 rings (SSSR count). The Kier molecular flexibility index (Phi) is 4.87. The summed E-state index contributed by atoms with van der Waals surface area (Å²) in [6, 6.07) is 13.4. The molecule has 0 saturated carbocycles. The van der Waals surface area contributed by atoms with Gasteiger partial charge in [-0.15, -0.1) is 0 Å². The number of ketones is 1. The van der Waals surface area contributed by atoms with Crippen molar-refractivity contribution in [2.24, 2.45) is 0 Å². The van der Waals surface area contributed by atoms with Crippen molar-refractivity contribution >= 4 is 34.7 Å². The van der Waals surface area contributed by atoms with E-state index in [4.69, 9.17) is 16.0 Å². The maximum atomic E-state index is 13.0. The van der Waals surface area contributed by atoms with Crippen molar-refractivity contribution in [3.8, 4) is 5.75 Å². The average Bonchev–Trinajstić information content (AvgIpc) is 3.25. The number of benzene rings is 2. The van der Waals surface area contributed by atoms with Crippen molar-refractivity contribution in [1.29, 1.82) is 0 Å². The first-order valence-electron chi connectivity index (χ1n) is 9.21. The normalized spacial score (nSPS) is 18.2. The second-order valence-corrected chi connectivity index (χ2v) is 7.56. The highest BCUT2D eigenvalue weighted by Gasteiger charge is 2.49. The van der Waals surface area contributed by atoms with Crippen molar-refractivity contribution in [2.75, 3.05) is 4.90 Å². The summed E-state index contributed by atoms with van der Waals surface area (Å²) < 4.78 is 5.73. The number of phenolic OH excluding ortho intramolecular Hbond substituents is 1. The summed E-state index contributed by atoms with van der Waals surface area (Å²) in [5.74, 6) is -1.43. The number of nitrogens with zero attached hydrogens (tertiary/aromatic N) is 1. The molecule has 0 aliphatic carbocycles. The number of hydrogen-bond acceptors (Lipinski definition) is 5. The Bertz CT molecular complexity index is 1210. The summed E-state index contributed by atoms with van der Waals surface area (Å²) in [4.78, 5) is 27.2. The number of amides is 1. The van der Waals surface area contributed by atoms with Gasteiger partial charge in [0.2, 0.25) is 0 Å². The van der Waals surface area contributed by atoms with Gasteiger partial charge in [0.05, 0.1) is 11.3 Å². The number of aromatic hydroxyl groups is 1. The summed E-state index contributed by atoms with van der Waals surface area (Å²) in [7, 11) is 0. The van der Waals surface area contributed by atoms with Crippen LogP contribution in [-0.2, 0) is 9.59 Å². The minimum atomic E-state index is -1.05. The van der Waals surface area contributed by atoms with Crippen LogP contribution in [0.5, 0.6) is 5.75 Å². The van der Waals surface area contributed by atoms with Gasteiger partial charge in [-0.2, -0.15) is 0 Å². The number of furan rings is 1. The molecular formula is C23H18ClNO5. The Morgan fingerprint density at radius 3 is 2.50 bits per heavy atom. The topological polar surface area (TPSA) is 91.0 Å². The molecule has 0 radical (unpaired) electrons. The van der Waals surface area contributed by atoms with E-state index in [1.165, 1.54) is 12.1 Å². The van der Waals surface area contributed by atoms with Crippen LogP contribution in [-0.4, -0.2) is 21.9 Å². The molecule has 2 aromatic carbocycles. The van der Waals surface area contributed by atoms with Crippen LogP contribution >= 0.6 is 11.6 Å². The SMILES string of the molecule is Cc1ccc(O)c(N2C(=O)C(=O)/C(=C(\O)c3cccc(Cl)c3)C2c2ccc(C)o2)c1. The van der Waals surface area contributed by atoms with Crippen LogP contribution in [0.1, 0.15) is 28.7 Å². The molecule has 0 bridgehead atoms. The van der Waals surface area contributed by atoms with Crippen LogP contribution in [0.25, 0.3) is 5.76 Å². The fourth-order valence-corrected chi connectivity index (χ4v) is 3.76. The van der Waals surface area contributed by atoms with Gasteiger partial charge in [0.15, 0.2) is 0 Å². The van der Waals surface area contributed by atoms with Gasteiger partial charge in [0.25, 0.3) is 11.7 Å². The number of halogens is 1. The molecule has 1 aromatic heterocycles. The molecule has 6 nitrogen and oxygen atoms in total. The van der Waals surface area contributed by atoms with E-state index in [-0.39, 0.29) is 28.5 Å². The van der Waals surface area contributed by atoms with E-state index in [1.54, 1.807) is 56.3 Å². The lowest BCUT2D eigenvalue weighted by molar-refractivity contribution is -0.132. The highest BCUT2D eigenvalue weighted by Crippen LogP contribution is 2.45. The molecule has 1 unspecified atom stereocenters. The lowest BCUT2D eigenvalue weighted by Crippen LogP contribution is -2.29. The van der Waals surface area contributed by atoms with E-state index < -0.39 is 17.7 Å². The van der Waals surface area contributed by atoms with Gasteiger partial charge in [-0.05, 0) is 55.8 Å². The first-order valence-corrected chi connectivity index (χ1v) is 9.58. The maximum absolute atomic E-state index is 13.0. The Balaban J connectivity index is 1.98. The molecule has 7 heteroatoms. The third kappa shape index (κ3) is 3.25. The first kappa shape index (κ1) is 19.8. The highest BCUT2D eigenvalue weighted by atomic mass is 35.5. The molecule has 0 spiro atoms. The number of phenols is 1. The Morgan fingerprint density at radius 2 is 1.83 bits per heavy atom. The molecule has 2 heterocycles. The molecule has 1 aliphatic rings. The summed E-state index contributed by atoms with van der Waals surface area (Å²) >= 11 is 6.03. The molecule has 1 saturated heterocycles. The Labute approximate surface area is 177 Å². The molecule has 30 heavy (non-hydrogen) atoms. The zero-order chi connectivity index (χ0) is 21.6. The fourth-order valence-electron chi connectivity index (χ4n) is 3.57. The van der Waals surface area contributed by atoms with E-state index in [0.29, 0.717) is 16.3 Å². The predicted octanol–water partition coefficient (Wildman–Crippen LogP) is 4.88. The highest BCUT2D eigenvalue weighted by molar-refractivity contribution is 6.51. The van der Waals surface area contributed by atoms with Gasteiger partial charge in [0.1, 0.15) is 29.1 Å². The van der Waals surface area contributed by atoms with Crippen LogP contribution in [0, 0.1) is 13.8 Å². The number of aliphatic hydroxyl groups excluding tert-OH is 1. The largest absolute Gasteiger partial charge is 0.507 e. The number of hydrogen-bond donors (Lipinski definition) is 2. The Hall–Kier alpha value is -3.51. The number of anilines is 1. The van der Waals surface area contributed by atoms with E-state index in [0.717, 1.165) is 10.5 Å². The van der Waals surface area contributed by atoms with Crippen LogP contribution < -0.4 is 4.90 Å². The number of aryl methyl sites for hydroxylation is 2. The van der Waals surface area contributed by atoms with E-state index in [9.17, 15) is 19.8 Å². The first-order chi connectivity index (χ1) is 14.3.